The van der Waals surface area contributed by atoms with Crippen LogP contribution in [0.4, 0.5) is 13.9 Å². The Kier molecular flexibility index (Phi) is 8.20. The molecule has 0 bridgehead atoms. The normalized spacial score (nSPS) is 10.5. The number of hydrogen-bond acceptors (Lipinski definition) is 6. The molecule has 2 amide bonds. The Morgan fingerprint density at radius 3 is 2.55 bits per heavy atom. The van der Waals surface area contributed by atoms with E-state index < -0.39 is 23.5 Å². The molecule has 0 aliphatic heterocycles. The molecule has 172 valence electrons. The van der Waals surface area contributed by atoms with Crippen LogP contribution in [0.2, 0.25) is 0 Å². The molecule has 0 aliphatic carbocycles. The molecule has 0 saturated carbocycles. The van der Waals surface area contributed by atoms with Crippen LogP contribution in [0.1, 0.15) is 39.8 Å². The molecule has 0 atom stereocenters. The first kappa shape index (κ1) is 24.0. The van der Waals surface area contributed by atoms with Crippen molar-refractivity contribution in [2.24, 2.45) is 0 Å². The molecule has 0 spiro atoms. The van der Waals surface area contributed by atoms with Gasteiger partial charge < -0.3 is 15.4 Å². The van der Waals surface area contributed by atoms with Crippen molar-refractivity contribution in [2.45, 2.75) is 19.8 Å². The predicted molar refractivity (Wildman–Crippen MR) is 120 cm³/mol. The summed E-state index contributed by atoms with van der Waals surface area (Å²) < 4.78 is 31.7. The smallest absolute Gasteiger partial charge is 0.350 e. The molecule has 0 saturated heterocycles. The Morgan fingerprint density at radius 2 is 1.85 bits per heavy atom. The van der Waals surface area contributed by atoms with Crippen LogP contribution in [0.15, 0.2) is 48.5 Å². The minimum atomic E-state index is -0.958. The van der Waals surface area contributed by atoms with E-state index >= 15 is 0 Å². The van der Waals surface area contributed by atoms with E-state index in [1.54, 1.807) is 19.1 Å². The second-order valence-corrected chi connectivity index (χ2v) is 7.81. The van der Waals surface area contributed by atoms with Gasteiger partial charge in [0.25, 0.3) is 5.91 Å². The third-order valence-corrected chi connectivity index (χ3v) is 5.37. The fourth-order valence-electron chi connectivity index (χ4n) is 2.90. The lowest BCUT2D eigenvalue weighted by Gasteiger charge is -2.06. The van der Waals surface area contributed by atoms with Gasteiger partial charge in [0.2, 0.25) is 5.91 Å². The summed E-state index contributed by atoms with van der Waals surface area (Å²) in [5, 5.41) is 5.39. The number of esters is 1. The van der Waals surface area contributed by atoms with Gasteiger partial charge in [-0.15, -0.1) is 0 Å². The van der Waals surface area contributed by atoms with Crippen LogP contribution >= 0.6 is 11.3 Å². The Balaban J connectivity index is 1.56. The number of anilines is 1. The number of rotatable bonds is 9. The average Bonchev–Trinajstić information content (AvgIpc) is 3.21. The maximum Gasteiger partial charge on any atom is 0.350 e. The molecule has 2 aromatic carbocycles. The zero-order valence-corrected chi connectivity index (χ0v) is 18.5. The highest BCUT2D eigenvalue weighted by atomic mass is 32.1. The van der Waals surface area contributed by atoms with Gasteiger partial charge in [-0.25, -0.2) is 18.6 Å². The Bertz CT molecular complexity index is 1150. The van der Waals surface area contributed by atoms with E-state index in [9.17, 15) is 23.2 Å². The van der Waals surface area contributed by atoms with Crippen LogP contribution in [-0.4, -0.2) is 35.9 Å². The molecule has 0 aliphatic rings. The number of nitrogens with zero attached hydrogens (tertiary/aromatic N) is 1. The highest BCUT2D eigenvalue weighted by Gasteiger charge is 2.21. The van der Waals surface area contributed by atoms with Gasteiger partial charge in [-0.05, 0) is 25.5 Å². The van der Waals surface area contributed by atoms with Gasteiger partial charge in [0.1, 0.15) is 16.5 Å². The fraction of sp³-hybridized carbons (Fsp3) is 0.217. The van der Waals surface area contributed by atoms with E-state index in [2.05, 4.69) is 15.6 Å². The molecule has 7 nitrogen and oxygen atoms in total. The van der Waals surface area contributed by atoms with Gasteiger partial charge in [-0.3, -0.25) is 9.59 Å². The minimum absolute atomic E-state index is 0.0567. The van der Waals surface area contributed by atoms with Gasteiger partial charge in [0.15, 0.2) is 5.13 Å². The summed E-state index contributed by atoms with van der Waals surface area (Å²) in [5.74, 6) is -3.31. The van der Waals surface area contributed by atoms with Crippen molar-refractivity contribution < 1.29 is 27.9 Å². The number of carbonyl (C=O) groups excluding carboxylic acids is 3. The van der Waals surface area contributed by atoms with Crippen LogP contribution in [0.5, 0.6) is 0 Å². The van der Waals surface area contributed by atoms with Crippen LogP contribution < -0.4 is 10.6 Å². The Hall–Kier alpha value is -3.66. The molecule has 33 heavy (non-hydrogen) atoms. The van der Waals surface area contributed by atoms with E-state index in [4.69, 9.17) is 4.74 Å². The first-order valence-corrected chi connectivity index (χ1v) is 11.0. The second-order valence-electron chi connectivity index (χ2n) is 6.82. The van der Waals surface area contributed by atoms with Gasteiger partial charge in [-0.1, -0.05) is 41.7 Å². The Labute approximate surface area is 192 Å². The third-order valence-electron chi connectivity index (χ3n) is 4.42. The van der Waals surface area contributed by atoms with Gasteiger partial charge in [-0.2, -0.15) is 0 Å². The molecular formula is C23H21F2N3O4S. The molecule has 3 rings (SSSR count). The molecular weight excluding hydrogens is 452 g/mol. The molecule has 0 radical (unpaired) electrons. The van der Waals surface area contributed by atoms with Crippen LogP contribution in [0.3, 0.4) is 0 Å². The van der Waals surface area contributed by atoms with E-state index in [0.29, 0.717) is 17.3 Å². The summed E-state index contributed by atoms with van der Waals surface area (Å²) in [7, 11) is 0. The van der Waals surface area contributed by atoms with Crippen LogP contribution in [0, 0.1) is 11.6 Å². The van der Waals surface area contributed by atoms with Crippen molar-refractivity contribution in [3.8, 4) is 11.3 Å². The summed E-state index contributed by atoms with van der Waals surface area (Å²) in [6.07, 6.45) is 0.337. The molecule has 0 unspecified atom stereocenters. The average molecular weight is 474 g/mol. The summed E-state index contributed by atoms with van der Waals surface area (Å²) in [4.78, 5) is 41.3. The molecule has 1 aromatic heterocycles. The molecule has 2 N–H and O–H groups in total. The summed E-state index contributed by atoms with van der Waals surface area (Å²) >= 11 is 1.02. The zero-order valence-electron chi connectivity index (χ0n) is 17.7. The SMILES string of the molecule is CCOC(=O)c1sc(NC(=O)CCCNC(=O)c2ccc(F)cc2F)nc1-c1ccccc1. The van der Waals surface area contributed by atoms with Crippen molar-refractivity contribution >= 4 is 34.3 Å². The molecule has 1 heterocycles. The van der Waals surface area contributed by atoms with E-state index in [0.717, 1.165) is 23.5 Å². The number of carbonyl (C=O) groups is 3. The largest absolute Gasteiger partial charge is 0.462 e. The number of ether oxygens (including phenoxy) is 1. The van der Waals surface area contributed by atoms with Gasteiger partial charge >= 0.3 is 5.97 Å². The molecule has 10 heteroatoms. The van der Waals surface area contributed by atoms with Crippen molar-refractivity contribution in [3.63, 3.8) is 0 Å². The number of amides is 2. The fourth-order valence-corrected chi connectivity index (χ4v) is 3.80. The van der Waals surface area contributed by atoms with E-state index in [1.165, 1.54) is 0 Å². The maximum atomic E-state index is 13.6. The van der Waals surface area contributed by atoms with Crippen molar-refractivity contribution in [3.05, 3.63) is 70.6 Å². The number of thiazole rings is 1. The highest BCUT2D eigenvalue weighted by molar-refractivity contribution is 7.18. The first-order valence-electron chi connectivity index (χ1n) is 10.2. The lowest BCUT2D eigenvalue weighted by atomic mass is 10.1. The standard InChI is InChI=1S/C23H21F2N3O4S/c1-2-32-22(31)20-19(14-7-4-3-5-8-14)28-23(33-20)27-18(29)9-6-12-26-21(30)16-11-10-15(24)13-17(16)25/h3-5,7-8,10-11,13H,2,6,9,12H2,1H3,(H,26,30)(H,27,28,29). The summed E-state index contributed by atoms with van der Waals surface area (Å²) in [6, 6.07) is 11.7. The van der Waals surface area contributed by atoms with E-state index in [-0.39, 0.29) is 47.5 Å². The quantitative estimate of drug-likeness (QED) is 0.354. The zero-order chi connectivity index (χ0) is 23.8. The van der Waals surface area contributed by atoms with E-state index in [1.807, 2.05) is 18.2 Å². The Morgan fingerprint density at radius 1 is 1.09 bits per heavy atom. The third kappa shape index (κ3) is 6.42. The van der Waals surface area contributed by atoms with Crippen molar-refractivity contribution in [1.29, 1.82) is 0 Å². The maximum absolute atomic E-state index is 13.6. The lowest BCUT2D eigenvalue weighted by Crippen LogP contribution is -2.26. The van der Waals surface area contributed by atoms with Gasteiger partial charge in [0, 0.05) is 24.6 Å². The highest BCUT2D eigenvalue weighted by Crippen LogP contribution is 2.31. The molecule has 0 fully saturated rings. The van der Waals surface area contributed by atoms with Crippen molar-refractivity contribution in [2.75, 3.05) is 18.5 Å². The van der Waals surface area contributed by atoms with Gasteiger partial charge in [0.05, 0.1) is 17.9 Å². The van der Waals surface area contributed by atoms with Crippen LogP contribution in [-0.2, 0) is 9.53 Å². The van der Waals surface area contributed by atoms with Crippen molar-refractivity contribution in [1.82, 2.24) is 10.3 Å². The topological polar surface area (TPSA) is 97.4 Å². The lowest BCUT2D eigenvalue weighted by molar-refractivity contribution is -0.116. The number of hydrogen-bond donors (Lipinski definition) is 2. The number of halogens is 2. The monoisotopic (exact) mass is 473 g/mol. The van der Waals surface area contributed by atoms with Crippen LogP contribution in [0.25, 0.3) is 11.3 Å². The predicted octanol–water partition coefficient (Wildman–Crippen LogP) is 4.41. The number of benzene rings is 2. The first-order chi connectivity index (χ1) is 15.9. The number of aromatic nitrogens is 1. The summed E-state index contributed by atoms with van der Waals surface area (Å²) in [6.45, 7) is 2.03. The minimum Gasteiger partial charge on any atom is -0.462 e. The molecule has 3 aromatic rings. The summed E-state index contributed by atoms with van der Waals surface area (Å²) in [5.41, 5.74) is 0.861. The number of nitrogens with one attached hydrogen (secondary N) is 2. The second kappa shape index (κ2) is 11.3.